The lowest BCUT2D eigenvalue weighted by atomic mass is 10.1. The Bertz CT molecular complexity index is 1800. The van der Waals surface area contributed by atoms with Gasteiger partial charge in [-0.2, -0.15) is 17.5 Å². The molecule has 4 heterocycles. The van der Waals surface area contributed by atoms with Crippen molar-refractivity contribution in [3.8, 4) is 11.3 Å². The molecule has 1 atom stereocenters. The van der Waals surface area contributed by atoms with Crippen LogP contribution in [0.1, 0.15) is 24.1 Å². The highest BCUT2D eigenvalue weighted by Gasteiger charge is 2.40. The van der Waals surface area contributed by atoms with Crippen LogP contribution in [-0.2, 0) is 27.5 Å². The summed E-state index contributed by atoms with van der Waals surface area (Å²) in [5.74, 6) is -0.469. The standard InChI is InChI=1S/C31H30F4N6O3S2/c32-24-5-1-2-6-26(24)39-14-16-40(17-15-39)30-37-23(19-25(38-30)21-9-11-22(12-10-21)31(33,34)35)20-36-29(42)27-7-3-13-41(27)46(43,44)28-8-4-18-45-28/h1-2,4-6,8-12,18-19,27H,3,7,13-17,20H2,(H,36,42). The van der Waals surface area contributed by atoms with Crippen LogP contribution in [0.3, 0.4) is 0 Å². The highest BCUT2D eigenvalue weighted by atomic mass is 32.2. The Morgan fingerprint density at radius 3 is 2.33 bits per heavy atom. The number of para-hydroxylation sites is 1. The molecule has 2 aromatic carbocycles. The van der Waals surface area contributed by atoms with Crippen LogP contribution in [0.25, 0.3) is 11.3 Å². The number of carbonyl (C=O) groups is 1. The monoisotopic (exact) mass is 674 g/mol. The van der Waals surface area contributed by atoms with Gasteiger partial charge in [0.1, 0.15) is 16.1 Å². The van der Waals surface area contributed by atoms with E-state index in [0.717, 1.165) is 23.5 Å². The van der Waals surface area contributed by atoms with E-state index in [9.17, 15) is 30.8 Å². The molecule has 0 spiro atoms. The van der Waals surface area contributed by atoms with Crippen LogP contribution in [0.4, 0.5) is 29.2 Å². The lowest BCUT2D eigenvalue weighted by molar-refractivity contribution is -0.137. The van der Waals surface area contributed by atoms with Crippen LogP contribution in [0, 0.1) is 5.82 Å². The van der Waals surface area contributed by atoms with Gasteiger partial charge >= 0.3 is 6.18 Å². The molecule has 4 aromatic rings. The van der Waals surface area contributed by atoms with E-state index < -0.39 is 33.7 Å². The van der Waals surface area contributed by atoms with Crippen molar-refractivity contribution in [1.29, 1.82) is 0 Å². The molecule has 2 fully saturated rings. The summed E-state index contributed by atoms with van der Waals surface area (Å²) >= 11 is 1.09. The van der Waals surface area contributed by atoms with Gasteiger partial charge in [-0.25, -0.2) is 22.8 Å². The van der Waals surface area contributed by atoms with Gasteiger partial charge in [-0.05, 0) is 54.6 Å². The van der Waals surface area contributed by atoms with Crippen molar-refractivity contribution in [2.24, 2.45) is 0 Å². The largest absolute Gasteiger partial charge is 0.416 e. The quantitative estimate of drug-likeness (QED) is 0.258. The minimum atomic E-state index is -4.49. The van der Waals surface area contributed by atoms with Gasteiger partial charge in [0, 0.05) is 38.3 Å². The molecule has 9 nitrogen and oxygen atoms in total. The van der Waals surface area contributed by atoms with Crippen LogP contribution >= 0.6 is 11.3 Å². The fraction of sp³-hybridized carbons (Fsp3) is 0.323. The van der Waals surface area contributed by atoms with E-state index in [4.69, 9.17) is 0 Å². The summed E-state index contributed by atoms with van der Waals surface area (Å²) < 4.78 is 81.8. The van der Waals surface area contributed by atoms with Gasteiger partial charge in [-0.3, -0.25) is 4.79 Å². The SMILES string of the molecule is O=C(NCc1cc(-c2ccc(C(F)(F)F)cc2)nc(N2CCN(c3ccccc3F)CC2)n1)C1CCCN1S(=O)(=O)c1cccs1. The number of amides is 1. The normalized spacial score (nSPS) is 17.8. The third-order valence-corrected chi connectivity index (χ3v) is 11.3. The van der Waals surface area contributed by atoms with Gasteiger partial charge in [0.15, 0.2) is 0 Å². The fourth-order valence-corrected chi connectivity index (χ4v) is 8.44. The first kappa shape index (κ1) is 31.9. The Balaban J connectivity index is 1.23. The maximum absolute atomic E-state index is 14.4. The Morgan fingerprint density at radius 1 is 0.935 bits per heavy atom. The molecule has 2 aliphatic heterocycles. The lowest BCUT2D eigenvalue weighted by Crippen LogP contribution is -2.47. The van der Waals surface area contributed by atoms with E-state index in [-0.39, 0.29) is 23.1 Å². The number of halogens is 4. The van der Waals surface area contributed by atoms with E-state index in [1.807, 2.05) is 9.80 Å². The molecule has 1 amide bonds. The second kappa shape index (κ2) is 13.0. The number of thiophene rings is 1. The van der Waals surface area contributed by atoms with Crippen molar-refractivity contribution < 1.29 is 30.8 Å². The third-order valence-electron chi connectivity index (χ3n) is 8.04. The molecule has 1 N–H and O–H groups in total. The number of hydrogen-bond donors (Lipinski definition) is 1. The molecule has 2 aliphatic rings. The predicted octanol–water partition coefficient (Wildman–Crippen LogP) is 5.16. The number of benzene rings is 2. The molecule has 2 saturated heterocycles. The van der Waals surface area contributed by atoms with Crippen molar-refractivity contribution in [3.63, 3.8) is 0 Å². The zero-order valence-electron chi connectivity index (χ0n) is 24.5. The molecule has 0 saturated carbocycles. The molecule has 242 valence electrons. The number of piperazine rings is 1. The van der Waals surface area contributed by atoms with Gasteiger partial charge in [-0.1, -0.05) is 30.3 Å². The minimum Gasteiger partial charge on any atom is -0.366 e. The first-order valence-corrected chi connectivity index (χ1v) is 17.0. The van der Waals surface area contributed by atoms with E-state index in [0.29, 0.717) is 67.6 Å². The third kappa shape index (κ3) is 6.71. The molecule has 0 bridgehead atoms. The first-order chi connectivity index (χ1) is 22.0. The predicted molar refractivity (Wildman–Crippen MR) is 166 cm³/mol. The number of sulfonamides is 1. The number of carbonyl (C=O) groups excluding carboxylic acids is 1. The topological polar surface area (TPSA) is 98.7 Å². The summed E-state index contributed by atoms with van der Waals surface area (Å²) in [4.78, 5) is 26.4. The van der Waals surface area contributed by atoms with Crippen molar-refractivity contribution in [2.75, 3.05) is 42.5 Å². The van der Waals surface area contributed by atoms with E-state index in [2.05, 4.69) is 15.3 Å². The number of nitrogens with one attached hydrogen (secondary N) is 1. The van der Waals surface area contributed by atoms with E-state index >= 15 is 0 Å². The number of alkyl halides is 3. The average molecular weight is 675 g/mol. The summed E-state index contributed by atoms with van der Waals surface area (Å²) in [6.45, 7) is 2.05. The summed E-state index contributed by atoms with van der Waals surface area (Å²) in [7, 11) is -3.83. The number of hydrogen-bond acceptors (Lipinski definition) is 8. The molecule has 15 heteroatoms. The molecule has 0 aliphatic carbocycles. The number of aromatic nitrogens is 2. The van der Waals surface area contributed by atoms with E-state index in [1.165, 1.54) is 28.6 Å². The molecular formula is C31H30F4N6O3S2. The summed E-state index contributed by atoms with van der Waals surface area (Å²) in [6.07, 6.45) is -3.58. The maximum Gasteiger partial charge on any atom is 0.416 e. The second-order valence-corrected chi connectivity index (χ2v) is 14.0. The lowest BCUT2D eigenvalue weighted by Gasteiger charge is -2.36. The second-order valence-electron chi connectivity index (χ2n) is 11.0. The first-order valence-electron chi connectivity index (χ1n) is 14.6. The van der Waals surface area contributed by atoms with Crippen LogP contribution in [0.5, 0.6) is 0 Å². The van der Waals surface area contributed by atoms with Crippen molar-refractivity contribution in [3.05, 3.63) is 89.2 Å². The average Bonchev–Trinajstić information content (AvgIpc) is 3.78. The van der Waals surface area contributed by atoms with Gasteiger partial charge < -0.3 is 15.1 Å². The van der Waals surface area contributed by atoms with Crippen LogP contribution in [0.15, 0.2) is 76.3 Å². The van der Waals surface area contributed by atoms with Crippen LogP contribution in [-0.4, -0.2) is 67.4 Å². The molecule has 2 aromatic heterocycles. The van der Waals surface area contributed by atoms with E-state index in [1.54, 1.807) is 35.7 Å². The molecule has 0 radical (unpaired) electrons. The van der Waals surface area contributed by atoms with Crippen LogP contribution in [0.2, 0.25) is 0 Å². The Hall–Kier alpha value is -4.08. The summed E-state index contributed by atoms with van der Waals surface area (Å²) in [5.41, 5.74) is 0.892. The van der Waals surface area contributed by atoms with Crippen molar-refractivity contribution in [1.82, 2.24) is 19.6 Å². The van der Waals surface area contributed by atoms with Crippen molar-refractivity contribution >= 4 is 38.9 Å². The van der Waals surface area contributed by atoms with Gasteiger partial charge in [0.2, 0.25) is 11.9 Å². The summed E-state index contributed by atoms with van der Waals surface area (Å²) in [6, 6.07) is 15.0. The Kier molecular flexibility index (Phi) is 8.99. The Labute approximate surface area is 267 Å². The van der Waals surface area contributed by atoms with Gasteiger partial charge in [-0.15, -0.1) is 11.3 Å². The number of nitrogens with zero attached hydrogens (tertiary/aromatic N) is 5. The zero-order valence-corrected chi connectivity index (χ0v) is 26.1. The minimum absolute atomic E-state index is 0.0550. The maximum atomic E-state index is 14.4. The smallest absolute Gasteiger partial charge is 0.366 e. The molecule has 6 rings (SSSR count). The Morgan fingerprint density at radius 2 is 1.65 bits per heavy atom. The highest BCUT2D eigenvalue weighted by Crippen LogP contribution is 2.32. The van der Waals surface area contributed by atoms with Gasteiger partial charge in [0.25, 0.3) is 10.0 Å². The molecule has 1 unspecified atom stereocenters. The highest BCUT2D eigenvalue weighted by molar-refractivity contribution is 7.91. The number of anilines is 2. The molecular weight excluding hydrogens is 645 g/mol. The van der Waals surface area contributed by atoms with Crippen molar-refractivity contribution in [2.45, 2.75) is 35.8 Å². The fourth-order valence-electron chi connectivity index (χ4n) is 5.66. The zero-order chi connectivity index (χ0) is 32.5. The molecule has 46 heavy (non-hydrogen) atoms. The number of rotatable bonds is 8. The summed E-state index contributed by atoms with van der Waals surface area (Å²) in [5, 5.41) is 4.48. The van der Waals surface area contributed by atoms with Crippen LogP contribution < -0.4 is 15.1 Å². The van der Waals surface area contributed by atoms with Gasteiger partial charge in [0.05, 0.1) is 29.2 Å².